The third-order valence-corrected chi connectivity index (χ3v) is 4.37. The fourth-order valence-corrected chi connectivity index (χ4v) is 3.05. The van der Waals surface area contributed by atoms with Crippen molar-refractivity contribution in [1.82, 2.24) is 15.3 Å². The number of hydrogen-bond acceptors (Lipinski definition) is 3. The summed E-state index contributed by atoms with van der Waals surface area (Å²) in [6, 6.07) is 0.220. The summed E-state index contributed by atoms with van der Waals surface area (Å²) < 4.78 is 0. The Morgan fingerprint density at radius 3 is 2.94 bits per heavy atom. The predicted octanol–water partition coefficient (Wildman–Crippen LogP) is 2.94. The van der Waals surface area contributed by atoms with Gasteiger partial charge in [-0.1, -0.05) is 11.6 Å². The summed E-state index contributed by atoms with van der Waals surface area (Å²) in [6.45, 7) is 2.03. The van der Waals surface area contributed by atoms with Crippen LogP contribution < -0.4 is 5.32 Å². The predicted molar refractivity (Wildman–Crippen MR) is 68.2 cm³/mol. The van der Waals surface area contributed by atoms with Crippen molar-refractivity contribution >= 4 is 22.9 Å². The summed E-state index contributed by atoms with van der Waals surface area (Å²) in [5.41, 5.74) is 1.14. The molecular formula is C11H14ClN3S. The Hall–Kier alpha value is -0.840. The summed E-state index contributed by atoms with van der Waals surface area (Å²) in [4.78, 5) is 8.52. The van der Waals surface area contributed by atoms with E-state index in [9.17, 15) is 0 Å². The first-order valence-corrected chi connectivity index (χ1v) is 6.37. The Morgan fingerprint density at radius 2 is 2.44 bits per heavy atom. The average molecular weight is 256 g/mol. The Morgan fingerprint density at radius 1 is 1.62 bits per heavy atom. The van der Waals surface area contributed by atoms with E-state index in [1.807, 2.05) is 20.2 Å². The zero-order valence-corrected chi connectivity index (χ0v) is 10.8. The zero-order valence-electron chi connectivity index (χ0n) is 9.25. The van der Waals surface area contributed by atoms with Crippen LogP contribution in [0.1, 0.15) is 22.3 Å². The summed E-state index contributed by atoms with van der Waals surface area (Å²) >= 11 is 7.96. The molecule has 2 rings (SSSR count). The van der Waals surface area contributed by atoms with E-state index in [1.165, 1.54) is 4.88 Å². The number of halogens is 1. The molecule has 0 aliphatic heterocycles. The molecule has 0 fully saturated rings. The van der Waals surface area contributed by atoms with E-state index in [-0.39, 0.29) is 6.04 Å². The minimum atomic E-state index is 0.220. The van der Waals surface area contributed by atoms with Gasteiger partial charge in [0, 0.05) is 29.7 Å². The molecule has 1 unspecified atom stereocenters. The molecule has 0 radical (unpaired) electrons. The van der Waals surface area contributed by atoms with Gasteiger partial charge in [0.25, 0.3) is 0 Å². The van der Waals surface area contributed by atoms with Gasteiger partial charge in [-0.2, -0.15) is 0 Å². The maximum Gasteiger partial charge on any atom is 0.107 e. The molecule has 2 aromatic rings. The highest BCUT2D eigenvalue weighted by Gasteiger charge is 2.17. The molecule has 0 aliphatic rings. The number of nitrogens with one attached hydrogen (secondary N) is 2. The van der Waals surface area contributed by atoms with Gasteiger partial charge in [0.15, 0.2) is 0 Å². The largest absolute Gasteiger partial charge is 0.349 e. The number of imidazole rings is 1. The number of aromatic nitrogens is 2. The van der Waals surface area contributed by atoms with Gasteiger partial charge in [-0.25, -0.2) is 4.98 Å². The number of nitrogens with zero attached hydrogens (tertiary/aromatic N) is 1. The van der Waals surface area contributed by atoms with Crippen LogP contribution in [-0.4, -0.2) is 17.0 Å². The monoisotopic (exact) mass is 255 g/mol. The van der Waals surface area contributed by atoms with Gasteiger partial charge in [0.05, 0.1) is 5.02 Å². The molecule has 0 bridgehead atoms. The Bertz CT molecular complexity index is 450. The minimum absolute atomic E-state index is 0.220. The summed E-state index contributed by atoms with van der Waals surface area (Å²) in [5.74, 6) is 0.974. The minimum Gasteiger partial charge on any atom is -0.349 e. The van der Waals surface area contributed by atoms with Gasteiger partial charge >= 0.3 is 0 Å². The number of aryl methyl sites for hydroxylation is 1. The quantitative estimate of drug-likeness (QED) is 0.882. The molecule has 2 N–H and O–H groups in total. The van der Waals surface area contributed by atoms with E-state index in [0.717, 1.165) is 22.8 Å². The third kappa shape index (κ3) is 2.29. The second-order valence-corrected chi connectivity index (χ2v) is 4.97. The smallest absolute Gasteiger partial charge is 0.107 e. The average Bonchev–Trinajstić information content (AvgIpc) is 2.88. The van der Waals surface area contributed by atoms with Crippen LogP contribution in [0.4, 0.5) is 0 Å². The first-order valence-electron chi connectivity index (χ1n) is 5.11. The lowest BCUT2D eigenvalue weighted by molar-refractivity contribution is 0.587. The lowest BCUT2D eigenvalue weighted by atomic mass is 10.1. The molecule has 1 atom stereocenters. The van der Waals surface area contributed by atoms with Crippen molar-refractivity contribution in [1.29, 1.82) is 0 Å². The molecule has 0 aliphatic carbocycles. The number of hydrogen-bond donors (Lipinski definition) is 2. The van der Waals surface area contributed by atoms with Crippen LogP contribution in [0.15, 0.2) is 17.8 Å². The molecule has 3 nitrogen and oxygen atoms in total. The maximum atomic E-state index is 6.26. The van der Waals surface area contributed by atoms with Crippen LogP contribution in [-0.2, 0) is 6.42 Å². The highest BCUT2D eigenvalue weighted by Crippen LogP contribution is 2.33. The van der Waals surface area contributed by atoms with Crippen molar-refractivity contribution in [3.05, 3.63) is 39.1 Å². The topological polar surface area (TPSA) is 40.7 Å². The first kappa shape index (κ1) is 11.6. The molecule has 5 heteroatoms. The second kappa shape index (κ2) is 4.99. The summed E-state index contributed by atoms with van der Waals surface area (Å²) in [5, 5.41) is 6.24. The highest BCUT2D eigenvalue weighted by molar-refractivity contribution is 7.10. The van der Waals surface area contributed by atoms with Crippen molar-refractivity contribution in [2.75, 3.05) is 7.05 Å². The van der Waals surface area contributed by atoms with Crippen molar-refractivity contribution in [2.24, 2.45) is 0 Å². The van der Waals surface area contributed by atoms with E-state index < -0.39 is 0 Å². The summed E-state index contributed by atoms with van der Waals surface area (Å²) in [7, 11) is 1.94. The number of H-pyrrole nitrogens is 1. The second-order valence-electron chi connectivity index (χ2n) is 3.68. The van der Waals surface area contributed by atoms with E-state index >= 15 is 0 Å². The normalized spacial score (nSPS) is 12.9. The van der Waals surface area contributed by atoms with Crippen molar-refractivity contribution in [3.8, 4) is 0 Å². The lowest BCUT2D eigenvalue weighted by Gasteiger charge is -2.13. The molecule has 16 heavy (non-hydrogen) atoms. The van der Waals surface area contributed by atoms with Gasteiger partial charge in [-0.05, 0) is 24.9 Å². The number of aromatic amines is 1. The molecule has 2 aromatic heterocycles. The van der Waals surface area contributed by atoms with E-state index in [0.29, 0.717) is 0 Å². The van der Waals surface area contributed by atoms with Gasteiger partial charge in [-0.3, -0.25) is 0 Å². The summed E-state index contributed by atoms with van der Waals surface area (Å²) in [6.07, 6.45) is 4.43. The molecule has 86 valence electrons. The Balaban J connectivity index is 2.20. The standard InChI is InChI=1S/C11H14ClN3S/c1-7-6-16-11(10(7)12)8(13-2)5-9-14-3-4-15-9/h3-4,6,8,13H,5H2,1-2H3,(H,14,15). The first-order chi connectivity index (χ1) is 7.72. The fraction of sp³-hybridized carbons (Fsp3) is 0.364. The van der Waals surface area contributed by atoms with Crippen molar-refractivity contribution in [3.63, 3.8) is 0 Å². The molecule has 0 aromatic carbocycles. The zero-order chi connectivity index (χ0) is 11.5. The van der Waals surface area contributed by atoms with Gasteiger partial charge in [-0.15, -0.1) is 11.3 Å². The lowest BCUT2D eigenvalue weighted by Crippen LogP contribution is -2.18. The van der Waals surface area contributed by atoms with Crippen LogP contribution in [0.3, 0.4) is 0 Å². The highest BCUT2D eigenvalue weighted by atomic mass is 35.5. The van der Waals surface area contributed by atoms with Crippen LogP contribution in [0, 0.1) is 6.92 Å². The Labute approximate surface area is 104 Å². The fourth-order valence-electron chi connectivity index (χ4n) is 1.61. The molecule has 0 saturated heterocycles. The van der Waals surface area contributed by atoms with Crippen LogP contribution >= 0.6 is 22.9 Å². The van der Waals surface area contributed by atoms with Crippen molar-refractivity contribution < 1.29 is 0 Å². The number of likely N-dealkylation sites (N-methyl/N-ethyl adjacent to an activating group) is 1. The maximum absolute atomic E-state index is 6.26. The van der Waals surface area contributed by atoms with Crippen LogP contribution in [0.5, 0.6) is 0 Å². The molecule has 0 amide bonds. The molecule has 2 heterocycles. The molecule has 0 spiro atoms. The number of thiophene rings is 1. The third-order valence-electron chi connectivity index (χ3n) is 2.54. The molecular weight excluding hydrogens is 242 g/mol. The SMILES string of the molecule is CNC(Cc1ncc[nH]1)c1scc(C)c1Cl. The van der Waals surface area contributed by atoms with E-state index in [1.54, 1.807) is 17.5 Å². The van der Waals surface area contributed by atoms with Gasteiger partial charge in [0.1, 0.15) is 5.82 Å². The van der Waals surface area contributed by atoms with Crippen LogP contribution in [0.25, 0.3) is 0 Å². The van der Waals surface area contributed by atoms with Crippen LogP contribution in [0.2, 0.25) is 5.02 Å². The molecule has 0 saturated carbocycles. The number of rotatable bonds is 4. The van der Waals surface area contributed by atoms with Gasteiger partial charge < -0.3 is 10.3 Å². The van der Waals surface area contributed by atoms with Crippen molar-refractivity contribution in [2.45, 2.75) is 19.4 Å². The Kier molecular flexibility index (Phi) is 3.63. The van der Waals surface area contributed by atoms with E-state index in [2.05, 4.69) is 20.7 Å². The van der Waals surface area contributed by atoms with Gasteiger partial charge in [0.2, 0.25) is 0 Å². The van der Waals surface area contributed by atoms with E-state index in [4.69, 9.17) is 11.6 Å².